The van der Waals surface area contributed by atoms with Crippen LogP contribution in [0.4, 0.5) is 0 Å². The van der Waals surface area contributed by atoms with Crippen molar-refractivity contribution in [3.05, 3.63) is 12.7 Å². The molecule has 3 heteroatoms. The van der Waals surface area contributed by atoms with Gasteiger partial charge < -0.3 is 14.4 Å². The first kappa shape index (κ1) is 24.4. The quantitative estimate of drug-likeness (QED) is 0.352. The number of hydrogen-bond acceptors (Lipinski definition) is 2. The highest BCUT2D eigenvalue weighted by Crippen LogP contribution is 2.16. The lowest BCUT2D eigenvalue weighted by Crippen LogP contribution is -2.50. The maximum absolute atomic E-state index is 9.42. The Labute approximate surface area is 145 Å². The molecule has 0 radical (unpaired) electrons. The van der Waals surface area contributed by atoms with Crippen LogP contribution in [0.5, 0.6) is 0 Å². The van der Waals surface area contributed by atoms with Gasteiger partial charge in [0.15, 0.2) is 0 Å². The minimum atomic E-state index is -1.08. The highest BCUT2D eigenvalue weighted by molar-refractivity contribution is 5.65. The Bertz CT molecular complexity index is 239. The van der Waals surface area contributed by atoms with Crippen molar-refractivity contribution in [1.82, 2.24) is 0 Å². The fourth-order valence-corrected chi connectivity index (χ4v) is 2.76. The van der Waals surface area contributed by atoms with Crippen molar-refractivity contribution < 1.29 is 14.4 Å². The predicted molar refractivity (Wildman–Crippen MR) is 99.2 cm³/mol. The van der Waals surface area contributed by atoms with E-state index in [4.69, 9.17) is 0 Å². The van der Waals surface area contributed by atoms with Gasteiger partial charge in [-0.2, -0.15) is 0 Å². The number of rotatable bonds is 14. The highest BCUT2D eigenvalue weighted by atomic mass is 16.4. The minimum absolute atomic E-state index is 0.0556. The van der Waals surface area contributed by atoms with E-state index in [9.17, 15) is 9.90 Å². The molecule has 0 aliphatic rings. The largest absolute Gasteiger partial charge is 0.550 e. The Morgan fingerprint density at radius 3 is 1.26 bits per heavy atom. The maximum Gasteiger partial charge on any atom is 0.0786 e. The summed E-state index contributed by atoms with van der Waals surface area (Å²) in [5, 5.41) is 9.42. The number of aliphatic carboxylic acids is 1. The first-order valence-corrected chi connectivity index (χ1v) is 9.67. The van der Waals surface area contributed by atoms with E-state index in [0.29, 0.717) is 0 Å². The predicted octanol–water partition coefficient (Wildman–Crippen LogP) is 4.32. The van der Waals surface area contributed by atoms with Gasteiger partial charge in [0, 0.05) is 12.4 Å². The summed E-state index contributed by atoms with van der Waals surface area (Å²) in [4.78, 5) is 9.42. The highest BCUT2D eigenvalue weighted by Gasteiger charge is 2.24. The second kappa shape index (κ2) is 17.5. The monoisotopic (exact) mass is 327 g/mol. The van der Waals surface area contributed by atoms with Crippen LogP contribution in [0.1, 0.15) is 85.5 Å². The molecule has 0 unspecified atom stereocenters. The number of hydrogen-bond donors (Lipinski definition) is 0. The zero-order valence-corrected chi connectivity index (χ0v) is 16.2. The lowest BCUT2D eigenvalue weighted by atomic mass is 10.1. The number of nitrogens with zero attached hydrogens (tertiary/aromatic N) is 1. The van der Waals surface area contributed by atoms with E-state index in [1.807, 2.05) is 0 Å². The molecule has 0 aromatic carbocycles. The first-order valence-electron chi connectivity index (χ1n) is 9.67. The Hall–Kier alpha value is -0.830. The molecule has 23 heavy (non-hydrogen) atoms. The lowest BCUT2D eigenvalue weighted by Gasteiger charge is -2.39. The summed E-state index contributed by atoms with van der Waals surface area (Å²) < 4.78 is 1.42. The third-order valence-corrected chi connectivity index (χ3v) is 4.26. The Morgan fingerprint density at radius 2 is 1.13 bits per heavy atom. The molecule has 0 bridgehead atoms. The van der Waals surface area contributed by atoms with Crippen LogP contribution in [-0.2, 0) is 4.79 Å². The van der Waals surface area contributed by atoms with Gasteiger partial charge in [-0.25, -0.2) is 0 Å². The fourth-order valence-electron chi connectivity index (χ4n) is 2.76. The molecule has 3 nitrogen and oxygen atoms in total. The normalized spacial score (nSPS) is 10.8. The Kier molecular flexibility index (Phi) is 18.6. The van der Waals surface area contributed by atoms with E-state index >= 15 is 0 Å². The molecule has 0 spiro atoms. The number of quaternary nitrogens is 1. The molecule has 0 saturated heterocycles. The molecule has 0 aromatic heterocycles. The van der Waals surface area contributed by atoms with E-state index in [-0.39, 0.29) is 6.42 Å². The summed E-state index contributed by atoms with van der Waals surface area (Å²) in [5.41, 5.74) is 0. The first-order chi connectivity index (χ1) is 11.0. The van der Waals surface area contributed by atoms with E-state index in [0.717, 1.165) is 0 Å². The van der Waals surface area contributed by atoms with Gasteiger partial charge in [-0.15, -0.1) is 6.58 Å². The molecule has 0 aromatic rings. The molecule has 0 rings (SSSR count). The molecule has 0 aliphatic carbocycles. The van der Waals surface area contributed by atoms with E-state index in [2.05, 4.69) is 34.3 Å². The zero-order valence-electron chi connectivity index (χ0n) is 16.2. The third-order valence-electron chi connectivity index (χ3n) is 4.26. The topological polar surface area (TPSA) is 40.1 Å². The van der Waals surface area contributed by atoms with Gasteiger partial charge in [0.25, 0.3) is 0 Å². The molecule has 0 aliphatic heterocycles. The summed E-state index contributed by atoms with van der Waals surface area (Å²) in [7, 11) is 0. The van der Waals surface area contributed by atoms with Gasteiger partial charge in [0.05, 0.1) is 26.2 Å². The molecular formula is C20H41NO2. The SMILES string of the molecule is C=CCC(=O)[O-].CCCC[N+](CCCC)(CCCC)CCCC. The van der Waals surface area contributed by atoms with Gasteiger partial charge in [-0.1, -0.05) is 59.5 Å². The van der Waals surface area contributed by atoms with Crippen LogP contribution < -0.4 is 5.11 Å². The maximum atomic E-state index is 9.42. The van der Waals surface area contributed by atoms with Crippen LogP contribution in [-0.4, -0.2) is 36.6 Å². The molecule has 138 valence electrons. The van der Waals surface area contributed by atoms with Crippen LogP contribution >= 0.6 is 0 Å². The molecule has 0 fully saturated rings. The van der Waals surface area contributed by atoms with Crippen molar-refractivity contribution in [1.29, 1.82) is 0 Å². The van der Waals surface area contributed by atoms with Crippen molar-refractivity contribution in [2.75, 3.05) is 26.2 Å². The molecule has 0 saturated carbocycles. The van der Waals surface area contributed by atoms with Crippen LogP contribution in [0.3, 0.4) is 0 Å². The van der Waals surface area contributed by atoms with Crippen molar-refractivity contribution in [2.45, 2.75) is 85.5 Å². The van der Waals surface area contributed by atoms with Gasteiger partial charge in [0.2, 0.25) is 0 Å². The van der Waals surface area contributed by atoms with E-state index < -0.39 is 5.97 Å². The Balaban J connectivity index is 0. The van der Waals surface area contributed by atoms with Crippen LogP contribution in [0, 0.1) is 0 Å². The van der Waals surface area contributed by atoms with E-state index in [1.54, 1.807) is 0 Å². The van der Waals surface area contributed by atoms with Crippen molar-refractivity contribution in [3.8, 4) is 0 Å². The lowest BCUT2D eigenvalue weighted by molar-refractivity contribution is -0.929. The molecular weight excluding hydrogens is 286 g/mol. The van der Waals surface area contributed by atoms with Crippen LogP contribution in [0.2, 0.25) is 0 Å². The number of carboxylic acids is 1. The second-order valence-electron chi connectivity index (χ2n) is 6.52. The number of carbonyl (C=O) groups excluding carboxylic acids is 1. The molecule has 0 atom stereocenters. The number of carboxylic acid groups (broad SMARTS) is 1. The van der Waals surface area contributed by atoms with E-state index in [1.165, 1.54) is 88.1 Å². The summed E-state index contributed by atoms with van der Waals surface area (Å²) in [6, 6.07) is 0. The summed E-state index contributed by atoms with van der Waals surface area (Å²) in [6.45, 7) is 18.2. The van der Waals surface area contributed by atoms with Crippen molar-refractivity contribution in [2.24, 2.45) is 0 Å². The van der Waals surface area contributed by atoms with Crippen molar-refractivity contribution >= 4 is 5.97 Å². The van der Waals surface area contributed by atoms with Gasteiger partial charge >= 0.3 is 0 Å². The Morgan fingerprint density at radius 1 is 0.826 bits per heavy atom. The molecule has 0 N–H and O–H groups in total. The van der Waals surface area contributed by atoms with Crippen LogP contribution in [0.15, 0.2) is 12.7 Å². The average Bonchev–Trinajstić information content (AvgIpc) is 2.54. The molecule has 0 amide bonds. The molecule has 0 heterocycles. The zero-order chi connectivity index (χ0) is 18.0. The summed E-state index contributed by atoms with van der Waals surface area (Å²) in [6.07, 6.45) is 12.3. The fraction of sp³-hybridized carbons (Fsp3) is 0.850. The van der Waals surface area contributed by atoms with Gasteiger partial charge in [-0.3, -0.25) is 0 Å². The van der Waals surface area contributed by atoms with Gasteiger partial charge in [-0.05, 0) is 25.7 Å². The minimum Gasteiger partial charge on any atom is -0.550 e. The van der Waals surface area contributed by atoms with Crippen molar-refractivity contribution in [3.63, 3.8) is 0 Å². The summed E-state index contributed by atoms with van der Waals surface area (Å²) >= 11 is 0. The number of carbonyl (C=O) groups is 1. The average molecular weight is 328 g/mol. The third kappa shape index (κ3) is 15.8. The standard InChI is InChI=1S/C16H36N.C4H6O2/c1-5-9-13-17(14-10-6-2,15-11-7-3)16-12-8-4;1-2-3-4(5)6/h5-16H2,1-4H3;2H,1,3H2,(H,5,6)/q+1;/p-1. The van der Waals surface area contributed by atoms with Gasteiger partial charge in [0.1, 0.15) is 0 Å². The second-order valence-corrected chi connectivity index (χ2v) is 6.52. The smallest absolute Gasteiger partial charge is 0.0786 e. The summed E-state index contributed by atoms with van der Waals surface area (Å²) in [5.74, 6) is -1.08. The van der Waals surface area contributed by atoms with Crippen LogP contribution in [0.25, 0.3) is 0 Å². The number of unbranched alkanes of at least 4 members (excludes halogenated alkanes) is 4.